The van der Waals surface area contributed by atoms with Gasteiger partial charge in [-0.05, 0) is 44.4 Å². The van der Waals surface area contributed by atoms with Crippen molar-refractivity contribution in [2.24, 2.45) is 5.92 Å². The van der Waals surface area contributed by atoms with E-state index in [0.29, 0.717) is 25.7 Å². The van der Waals surface area contributed by atoms with Crippen molar-refractivity contribution in [3.8, 4) is 0 Å². The summed E-state index contributed by atoms with van der Waals surface area (Å²) in [5.41, 5.74) is 0. The third-order valence-electron chi connectivity index (χ3n) is 8.74. The SMILES string of the molecule is CCCCC/C=C\C[C@@H](O)/C=C/C=C/C=C\[C@@H](O)CCCC(=O)OC[C@H](CO)OC(=O)CCCCCCCCCCCCCCCCC(C)C. The van der Waals surface area contributed by atoms with Crippen molar-refractivity contribution in [1.82, 2.24) is 0 Å². The molecule has 0 aliphatic heterocycles. The van der Waals surface area contributed by atoms with Crippen LogP contribution in [0.25, 0.3) is 0 Å². The zero-order valence-electron chi connectivity index (χ0n) is 32.3. The second kappa shape index (κ2) is 36.6. The van der Waals surface area contributed by atoms with E-state index in [2.05, 4.69) is 26.8 Å². The van der Waals surface area contributed by atoms with Gasteiger partial charge in [0.15, 0.2) is 6.10 Å². The Labute approximate surface area is 306 Å². The fourth-order valence-corrected chi connectivity index (χ4v) is 5.58. The lowest BCUT2D eigenvalue weighted by Gasteiger charge is -2.16. The Hall–Kier alpha value is -2.22. The highest BCUT2D eigenvalue weighted by Crippen LogP contribution is 2.15. The molecule has 0 bridgehead atoms. The molecule has 0 heterocycles. The van der Waals surface area contributed by atoms with Gasteiger partial charge < -0.3 is 24.8 Å². The van der Waals surface area contributed by atoms with E-state index in [9.17, 15) is 24.9 Å². The third kappa shape index (κ3) is 35.6. The van der Waals surface area contributed by atoms with Gasteiger partial charge in [-0.3, -0.25) is 9.59 Å². The first kappa shape index (κ1) is 47.8. The highest BCUT2D eigenvalue weighted by molar-refractivity contribution is 5.70. The van der Waals surface area contributed by atoms with E-state index in [1.807, 2.05) is 6.08 Å². The highest BCUT2D eigenvalue weighted by Gasteiger charge is 2.16. The van der Waals surface area contributed by atoms with E-state index in [1.54, 1.807) is 36.5 Å². The topological polar surface area (TPSA) is 113 Å². The summed E-state index contributed by atoms with van der Waals surface area (Å²) in [6, 6.07) is 0. The molecule has 0 saturated heterocycles. The molecule has 0 aliphatic carbocycles. The summed E-state index contributed by atoms with van der Waals surface area (Å²) in [6.07, 6.45) is 38.0. The highest BCUT2D eigenvalue weighted by atomic mass is 16.6. The maximum Gasteiger partial charge on any atom is 0.306 e. The number of aliphatic hydroxyl groups excluding tert-OH is 3. The number of carbonyl (C=O) groups is 2. The maximum atomic E-state index is 12.2. The Balaban J connectivity index is 3.80. The molecular weight excluding hydrogens is 628 g/mol. The summed E-state index contributed by atoms with van der Waals surface area (Å²) in [5, 5.41) is 29.6. The molecule has 0 aliphatic rings. The normalized spacial score (nSPS) is 14.1. The zero-order valence-corrected chi connectivity index (χ0v) is 32.3. The number of hydrogen-bond acceptors (Lipinski definition) is 7. The number of aliphatic hydroxyl groups is 3. The number of ether oxygens (including phenoxy) is 2. The number of hydrogen-bond donors (Lipinski definition) is 3. The molecule has 0 rings (SSSR count). The van der Waals surface area contributed by atoms with Gasteiger partial charge in [-0.25, -0.2) is 0 Å². The quantitative estimate of drug-likeness (QED) is 0.0260. The molecule has 7 nitrogen and oxygen atoms in total. The zero-order chi connectivity index (χ0) is 36.9. The van der Waals surface area contributed by atoms with Crippen molar-refractivity contribution in [3.05, 3.63) is 48.6 Å². The van der Waals surface area contributed by atoms with Crippen LogP contribution in [0.3, 0.4) is 0 Å². The molecule has 3 N–H and O–H groups in total. The van der Waals surface area contributed by atoms with Crippen LogP contribution >= 0.6 is 0 Å². The van der Waals surface area contributed by atoms with E-state index >= 15 is 0 Å². The summed E-state index contributed by atoms with van der Waals surface area (Å²) in [5.74, 6) is 0.00708. The smallest absolute Gasteiger partial charge is 0.306 e. The largest absolute Gasteiger partial charge is 0.462 e. The molecule has 0 spiro atoms. The first-order valence-corrected chi connectivity index (χ1v) is 20.3. The molecule has 0 radical (unpaired) electrons. The maximum absolute atomic E-state index is 12.2. The lowest BCUT2D eigenvalue weighted by Crippen LogP contribution is -2.28. The Morgan fingerprint density at radius 3 is 1.70 bits per heavy atom. The second-order valence-corrected chi connectivity index (χ2v) is 14.2. The number of esters is 2. The molecule has 7 heteroatoms. The standard InChI is InChI=1S/C43H76O7/c1-4-5-6-7-19-24-30-39(45)31-25-21-22-26-32-40(46)33-28-35-42(47)49-37-41(36-44)50-43(48)34-27-20-17-15-13-11-9-8-10-12-14-16-18-23-29-38(2)3/h19,21-22,24-26,31-32,38-41,44-46H,4-18,20,23,27-30,33-37H2,1-3H3/b22-21+,24-19-,31-25+,32-26-/t39-,40-,41+/m1/s1. The number of carbonyl (C=O) groups excluding carboxylic acids is 2. The molecule has 3 atom stereocenters. The molecule has 0 aromatic heterocycles. The first-order valence-electron chi connectivity index (χ1n) is 20.3. The minimum atomic E-state index is -0.862. The van der Waals surface area contributed by atoms with Crippen LogP contribution in [-0.4, -0.2) is 58.8 Å². The monoisotopic (exact) mass is 705 g/mol. The van der Waals surface area contributed by atoms with Crippen LogP contribution in [0, 0.1) is 5.92 Å². The van der Waals surface area contributed by atoms with Crippen molar-refractivity contribution in [2.45, 2.75) is 193 Å². The second-order valence-electron chi connectivity index (χ2n) is 14.2. The minimum absolute atomic E-state index is 0.124. The molecule has 50 heavy (non-hydrogen) atoms. The predicted octanol–water partition coefficient (Wildman–Crippen LogP) is 10.4. The molecule has 290 valence electrons. The Morgan fingerprint density at radius 1 is 0.600 bits per heavy atom. The summed E-state index contributed by atoms with van der Waals surface area (Å²) < 4.78 is 10.5. The van der Waals surface area contributed by atoms with Crippen molar-refractivity contribution >= 4 is 11.9 Å². The van der Waals surface area contributed by atoms with Gasteiger partial charge in [-0.2, -0.15) is 0 Å². The van der Waals surface area contributed by atoms with E-state index in [0.717, 1.165) is 31.6 Å². The van der Waals surface area contributed by atoms with Crippen molar-refractivity contribution in [1.29, 1.82) is 0 Å². The van der Waals surface area contributed by atoms with E-state index in [-0.39, 0.29) is 19.0 Å². The van der Waals surface area contributed by atoms with Crippen LogP contribution in [-0.2, 0) is 19.1 Å². The minimum Gasteiger partial charge on any atom is -0.462 e. The van der Waals surface area contributed by atoms with Crippen LogP contribution in [0.1, 0.15) is 175 Å². The average molecular weight is 705 g/mol. The lowest BCUT2D eigenvalue weighted by atomic mass is 10.0. The summed E-state index contributed by atoms with van der Waals surface area (Å²) in [4.78, 5) is 24.3. The van der Waals surface area contributed by atoms with Crippen LogP contribution in [0.4, 0.5) is 0 Å². The molecular formula is C43H76O7. The number of rotatable bonds is 35. The van der Waals surface area contributed by atoms with Gasteiger partial charge in [0.25, 0.3) is 0 Å². The van der Waals surface area contributed by atoms with E-state index in [1.165, 1.54) is 96.3 Å². The van der Waals surface area contributed by atoms with Gasteiger partial charge in [0.05, 0.1) is 18.8 Å². The van der Waals surface area contributed by atoms with E-state index in [4.69, 9.17) is 9.47 Å². The molecule has 0 amide bonds. The summed E-state index contributed by atoms with van der Waals surface area (Å²) >= 11 is 0. The van der Waals surface area contributed by atoms with Gasteiger partial charge in [0, 0.05) is 12.8 Å². The van der Waals surface area contributed by atoms with Gasteiger partial charge in [-0.15, -0.1) is 0 Å². The molecule has 0 fully saturated rings. The van der Waals surface area contributed by atoms with Crippen LogP contribution in [0.5, 0.6) is 0 Å². The average Bonchev–Trinajstić information content (AvgIpc) is 3.09. The number of unbranched alkanes of at least 4 members (excludes halogenated alkanes) is 16. The van der Waals surface area contributed by atoms with Gasteiger partial charge in [0.1, 0.15) is 6.61 Å². The van der Waals surface area contributed by atoms with Gasteiger partial charge in [-0.1, -0.05) is 172 Å². The van der Waals surface area contributed by atoms with Crippen molar-refractivity contribution in [3.63, 3.8) is 0 Å². The van der Waals surface area contributed by atoms with Gasteiger partial charge >= 0.3 is 11.9 Å². The Morgan fingerprint density at radius 2 is 1.14 bits per heavy atom. The van der Waals surface area contributed by atoms with E-state index < -0.39 is 30.9 Å². The third-order valence-corrected chi connectivity index (χ3v) is 8.74. The Kier molecular flexibility index (Phi) is 34.9. The summed E-state index contributed by atoms with van der Waals surface area (Å²) in [6.45, 7) is 6.21. The molecule has 0 unspecified atom stereocenters. The molecule has 0 aromatic rings. The fraction of sp³-hybridized carbons (Fsp3) is 0.767. The fourth-order valence-electron chi connectivity index (χ4n) is 5.58. The number of allylic oxidation sites excluding steroid dienone is 5. The van der Waals surface area contributed by atoms with Crippen LogP contribution < -0.4 is 0 Å². The molecule has 0 saturated carbocycles. The molecule has 0 aromatic carbocycles. The Bertz CT molecular complexity index is 892. The van der Waals surface area contributed by atoms with Crippen LogP contribution in [0.2, 0.25) is 0 Å². The summed E-state index contributed by atoms with van der Waals surface area (Å²) in [7, 11) is 0. The van der Waals surface area contributed by atoms with Crippen molar-refractivity contribution in [2.75, 3.05) is 13.2 Å². The predicted molar refractivity (Wildman–Crippen MR) is 208 cm³/mol. The lowest BCUT2D eigenvalue weighted by molar-refractivity contribution is -0.161. The van der Waals surface area contributed by atoms with Gasteiger partial charge in [0.2, 0.25) is 0 Å². The van der Waals surface area contributed by atoms with Crippen molar-refractivity contribution < 1.29 is 34.4 Å². The van der Waals surface area contributed by atoms with Crippen LogP contribution in [0.15, 0.2) is 48.6 Å². The first-order chi connectivity index (χ1) is 24.3.